The van der Waals surface area contributed by atoms with E-state index in [-0.39, 0.29) is 0 Å². The average molecular weight is 336 g/mol. The molecule has 0 bridgehead atoms. The molecule has 3 nitrogen and oxygen atoms in total. The highest BCUT2D eigenvalue weighted by Gasteiger charge is 2.27. The number of hydrogen-bond acceptors (Lipinski definition) is 1. The first kappa shape index (κ1) is 19.6. The summed E-state index contributed by atoms with van der Waals surface area (Å²) in [7, 11) is 0. The standard InChI is InChI=1S/C21H41N3/c1-4-5-15-22-21(23-19-12-7-6-8-13-19)24-20-14-10-9-11-18(20)16-17(2)3/h17-20H,4-16H2,1-3H3,(H2,22,23,24). The summed E-state index contributed by atoms with van der Waals surface area (Å²) in [4.78, 5) is 4.91. The summed E-state index contributed by atoms with van der Waals surface area (Å²) in [6.07, 6.45) is 16.0. The van der Waals surface area contributed by atoms with Crippen LogP contribution in [0, 0.1) is 11.8 Å². The summed E-state index contributed by atoms with van der Waals surface area (Å²) in [6.45, 7) is 7.93. The third kappa shape index (κ3) is 7.03. The maximum Gasteiger partial charge on any atom is 0.191 e. The first-order valence-corrected chi connectivity index (χ1v) is 10.8. The number of hydrogen-bond donors (Lipinski definition) is 2. The third-order valence-electron chi connectivity index (χ3n) is 5.73. The van der Waals surface area contributed by atoms with Gasteiger partial charge in [-0.3, -0.25) is 4.99 Å². The van der Waals surface area contributed by atoms with Gasteiger partial charge in [-0.1, -0.05) is 59.3 Å². The van der Waals surface area contributed by atoms with Crippen molar-refractivity contribution in [3.63, 3.8) is 0 Å². The number of nitrogens with one attached hydrogen (secondary N) is 2. The van der Waals surface area contributed by atoms with E-state index in [0.717, 1.165) is 24.3 Å². The van der Waals surface area contributed by atoms with E-state index >= 15 is 0 Å². The molecule has 24 heavy (non-hydrogen) atoms. The first-order chi connectivity index (χ1) is 11.7. The maximum absolute atomic E-state index is 4.91. The Labute approximate surface area is 150 Å². The zero-order valence-corrected chi connectivity index (χ0v) is 16.4. The van der Waals surface area contributed by atoms with Crippen molar-refractivity contribution in [1.29, 1.82) is 0 Å². The molecule has 2 fully saturated rings. The summed E-state index contributed by atoms with van der Waals surface area (Å²) in [6, 6.07) is 1.26. The van der Waals surface area contributed by atoms with Gasteiger partial charge in [-0.05, 0) is 50.4 Å². The van der Waals surface area contributed by atoms with Crippen LogP contribution in [0.15, 0.2) is 4.99 Å². The summed E-state index contributed by atoms with van der Waals surface area (Å²) in [5.41, 5.74) is 0. The van der Waals surface area contributed by atoms with Gasteiger partial charge in [0.2, 0.25) is 0 Å². The largest absolute Gasteiger partial charge is 0.354 e. The molecule has 0 heterocycles. The van der Waals surface area contributed by atoms with E-state index in [4.69, 9.17) is 4.99 Å². The van der Waals surface area contributed by atoms with E-state index in [0.29, 0.717) is 12.1 Å². The zero-order valence-electron chi connectivity index (χ0n) is 16.4. The molecular formula is C21H41N3. The predicted octanol–water partition coefficient (Wildman–Crippen LogP) is 5.26. The molecule has 2 unspecified atom stereocenters. The highest BCUT2D eigenvalue weighted by molar-refractivity contribution is 5.80. The van der Waals surface area contributed by atoms with Gasteiger partial charge in [0.15, 0.2) is 5.96 Å². The molecule has 3 heteroatoms. The molecule has 2 aliphatic carbocycles. The number of nitrogens with zero attached hydrogens (tertiary/aromatic N) is 1. The van der Waals surface area contributed by atoms with Crippen molar-refractivity contribution in [1.82, 2.24) is 10.6 Å². The quantitative estimate of drug-likeness (QED) is 0.378. The molecular weight excluding hydrogens is 294 g/mol. The summed E-state index contributed by atoms with van der Waals surface area (Å²) in [5.74, 6) is 2.73. The van der Waals surface area contributed by atoms with Crippen molar-refractivity contribution in [3.05, 3.63) is 0 Å². The van der Waals surface area contributed by atoms with Crippen LogP contribution < -0.4 is 10.6 Å². The van der Waals surface area contributed by atoms with Gasteiger partial charge in [-0.25, -0.2) is 0 Å². The summed E-state index contributed by atoms with van der Waals surface area (Å²) < 4.78 is 0. The van der Waals surface area contributed by atoms with E-state index in [1.54, 1.807) is 0 Å². The summed E-state index contributed by atoms with van der Waals surface area (Å²) >= 11 is 0. The highest BCUT2D eigenvalue weighted by atomic mass is 15.2. The molecule has 2 atom stereocenters. The minimum Gasteiger partial charge on any atom is -0.354 e. The second-order valence-electron chi connectivity index (χ2n) is 8.49. The minimum absolute atomic E-state index is 0.623. The van der Waals surface area contributed by atoms with Crippen LogP contribution in [0.5, 0.6) is 0 Å². The molecule has 0 saturated heterocycles. The highest BCUT2D eigenvalue weighted by Crippen LogP contribution is 2.29. The molecule has 2 N–H and O–H groups in total. The van der Waals surface area contributed by atoms with Crippen LogP contribution in [0.2, 0.25) is 0 Å². The Balaban J connectivity index is 1.94. The monoisotopic (exact) mass is 335 g/mol. The Bertz CT molecular complexity index is 358. The molecule has 2 rings (SSSR count). The van der Waals surface area contributed by atoms with Gasteiger partial charge in [0.05, 0.1) is 0 Å². The van der Waals surface area contributed by atoms with Gasteiger partial charge in [-0.2, -0.15) is 0 Å². The average Bonchev–Trinajstić information content (AvgIpc) is 2.57. The lowest BCUT2D eigenvalue weighted by molar-refractivity contribution is 0.246. The van der Waals surface area contributed by atoms with E-state index in [1.165, 1.54) is 77.0 Å². The molecule has 0 spiro atoms. The number of guanidine groups is 1. The van der Waals surface area contributed by atoms with Crippen molar-refractivity contribution >= 4 is 5.96 Å². The smallest absolute Gasteiger partial charge is 0.191 e. The maximum atomic E-state index is 4.91. The molecule has 2 aliphatic rings. The van der Waals surface area contributed by atoms with Crippen LogP contribution in [-0.4, -0.2) is 24.6 Å². The Morgan fingerprint density at radius 2 is 1.67 bits per heavy atom. The van der Waals surface area contributed by atoms with Crippen molar-refractivity contribution < 1.29 is 0 Å². The van der Waals surface area contributed by atoms with Crippen LogP contribution in [-0.2, 0) is 0 Å². The Morgan fingerprint density at radius 3 is 2.38 bits per heavy atom. The SMILES string of the molecule is CCCCN=C(NC1CCCCC1)NC1CCCCC1CC(C)C. The molecule has 0 aromatic carbocycles. The number of unbranched alkanes of at least 4 members (excludes halogenated alkanes) is 1. The van der Waals surface area contributed by atoms with Gasteiger partial charge in [-0.15, -0.1) is 0 Å². The molecule has 140 valence electrons. The molecule has 0 amide bonds. The Morgan fingerprint density at radius 1 is 0.958 bits per heavy atom. The van der Waals surface area contributed by atoms with E-state index in [1.807, 2.05) is 0 Å². The van der Waals surface area contributed by atoms with Crippen LogP contribution >= 0.6 is 0 Å². The van der Waals surface area contributed by atoms with Gasteiger partial charge < -0.3 is 10.6 Å². The second kappa shape index (κ2) is 11.0. The van der Waals surface area contributed by atoms with Gasteiger partial charge in [0, 0.05) is 18.6 Å². The van der Waals surface area contributed by atoms with Crippen LogP contribution in [0.1, 0.15) is 97.8 Å². The van der Waals surface area contributed by atoms with Crippen molar-refractivity contribution in [3.8, 4) is 0 Å². The van der Waals surface area contributed by atoms with Crippen LogP contribution in [0.4, 0.5) is 0 Å². The molecule has 0 radical (unpaired) electrons. The van der Waals surface area contributed by atoms with Gasteiger partial charge in [0.1, 0.15) is 0 Å². The van der Waals surface area contributed by atoms with E-state index < -0.39 is 0 Å². The Kier molecular flexibility index (Phi) is 8.98. The van der Waals surface area contributed by atoms with E-state index in [9.17, 15) is 0 Å². The fourth-order valence-corrected chi connectivity index (χ4v) is 4.38. The lowest BCUT2D eigenvalue weighted by Gasteiger charge is -2.35. The summed E-state index contributed by atoms with van der Waals surface area (Å²) in [5, 5.41) is 7.63. The third-order valence-corrected chi connectivity index (χ3v) is 5.73. The fraction of sp³-hybridized carbons (Fsp3) is 0.952. The second-order valence-corrected chi connectivity index (χ2v) is 8.49. The van der Waals surface area contributed by atoms with Crippen molar-refractivity contribution in [2.24, 2.45) is 16.8 Å². The molecule has 0 aromatic rings. The minimum atomic E-state index is 0.623. The van der Waals surface area contributed by atoms with Gasteiger partial charge >= 0.3 is 0 Å². The zero-order chi connectivity index (χ0) is 17.2. The normalized spacial score (nSPS) is 26.6. The molecule has 0 aliphatic heterocycles. The fourth-order valence-electron chi connectivity index (χ4n) is 4.38. The van der Waals surface area contributed by atoms with Crippen LogP contribution in [0.25, 0.3) is 0 Å². The molecule has 2 saturated carbocycles. The number of rotatable bonds is 7. The van der Waals surface area contributed by atoms with Crippen LogP contribution in [0.3, 0.4) is 0 Å². The lowest BCUT2D eigenvalue weighted by atomic mass is 9.80. The lowest BCUT2D eigenvalue weighted by Crippen LogP contribution is -2.51. The van der Waals surface area contributed by atoms with Crippen molar-refractivity contribution in [2.45, 2.75) is 110 Å². The number of aliphatic imine (C=N–C) groups is 1. The Hall–Kier alpha value is -0.730. The van der Waals surface area contributed by atoms with Crippen molar-refractivity contribution in [2.75, 3.05) is 6.54 Å². The molecule has 0 aromatic heterocycles. The van der Waals surface area contributed by atoms with E-state index in [2.05, 4.69) is 31.4 Å². The predicted molar refractivity (Wildman–Crippen MR) is 106 cm³/mol. The topological polar surface area (TPSA) is 36.4 Å². The first-order valence-electron chi connectivity index (χ1n) is 10.8. The van der Waals surface area contributed by atoms with Gasteiger partial charge in [0.25, 0.3) is 0 Å².